The summed E-state index contributed by atoms with van der Waals surface area (Å²) in [5.74, 6) is 0.298. The summed E-state index contributed by atoms with van der Waals surface area (Å²) in [5, 5.41) is 4.47. The van der Waals surface area contributed by atoms with Crippen LogP contribution >= 0.6 is 0 Å². The summed E-state index contributed by atoms with van der Waals surface area (Å²) >= 11 is 0. The zero-order valence-electron chi connectivity index (χ0n) is 20.1. The predicted octanol–water partition coefficient (Wildman–Crippen LogP) is 5.44. The Kier molecular flexibility index (Phi) is 9.65. The highest BCUT2D eigenvalue weighted by molar-refractivity contribution is 5.94. The third kappa shape index (κ3) is 7.60. The highest BCUT2D eigenvalue weighted by atomic mass is 19.4. The van der Waals surface area contributed by atoms with Crippen LogP contribution in [0.4, 0.5) is 19.0 Å². The molecule has 0 fully saturated rings. The molecule has 1 aliphatic heterocycles. The number of halogens is 3. The largest absolute Gasteiger partial charge is 0.416 e. The second-order valence-electron chi connectivity index (χ2n) is 8.04. The van der Waals surface area contributed by atoms with Gasteiger partial charge in [0.15, 0.2) is 0 Å². The van der Waals surface area contributed by atoms with Crippen LogP contribution in [0.2, 0.25) is 0 Å². The normalized spacial score (nSPS) is 14.4. The van der Waals surface area contributed by atoms with Gasteiger partial charge in [0.25, 0.3) is 5.91 Å². The molecule has 0 saturated heterocycles. The Morgan fingerprint density at radius 1 is 1.26 bits per heavy atom. The van der Waals surface area contributed by atoms with Gasteiger partial charge in [-0.05, 0) is 56.9 Å². The number of aromatic nitrogens is 3. The van der Waals surface area contributed by atoms with E-state index in [0.29, 0.717) is 29.1 Å². The van der Waals surface area contributed by atoms with Gasteiger partial charge in [0.05, 0.1) is 11.3 Å². The molecule has 2 N–H and O–H groups in total. The van der Waals surface area contributed by atoms with E-state index in [9.17, 15) is 18.0 Å². The SMILES string of the molecule is CN(C)C(=O)c1ccnc(N)c1.C\C=C/C(=C\C(=C\CC)C(F)(F)F)c1cc2n(n1)CCCC2. The number of carbonyl (C=O) groups is 1. The fourth-order valence-electron chi connectivity index (χ4n) is 3.43. The maximum absolute atomic E-state index is 13.1. The van der Waals surface area contributed by atoms with Crippen LogP contribution in [-0.2, 0) is 13.0 Å². The zero-order chi connectivity index (χ0) is 25.3. The first-order valence-corrected chi connectivity index (χ1v) is 11.2. The Balaban J connectivity index is 0.000000287. The first kappa shape index (κ1) is 26.9. The number of nitrogen functional groups attached to an aromatic ring is 1. The molecule has 0 saturated carbocycles. The number of nitrogens with two attached hydrogens (primary N) is 1. The minimum Gasteiger partial charge on any atom is -0.384 e. The summed E-state index contributed by atoms with van der Waals surface area (Å²) in [6, 6.07) is 5.10. The molecule has 34 heavy (non-hydrogen) atoms. The number of allylic oxidation sites excluding steroid dienone is 6. The number of hydrogen-bond donors (Lipinski definition) is 1. The molecule has 3 heterocycles. The van der Waals surface area contributed by atoms with Crippen molar-refractivity contribution in [2.75, 3.05) is 19.8 Å². The monoisotopic (exact) mass is 475 g/mol. The Labute approximate surface area is 198 Å². The maximum Gasteiger partial charge on any atom is 0.416 e. The Hall–Kier alpha value is -3.36. The Morgan fingerprint density at radius 2 is 2.00 bits per heavy atom. The molecule has 0 bridgehead atoms. The van der Waals surface area contributed by atoms with Gasteiger partial charge in [-0.15, -0.1) is 0 Å². The van der Waals surface area contributed by atoms with Gasteiger partial charge in [-0.3, -0.25) is 9.48 Å². The molecule has 2 aromatic rings. The van der Waals surface area contributed by atoms with Crippen molar-refractivity contribution >= 4 is 17.3 Å². The van der Waals surface area contributed by atoms with E-state index < -0.39 is 11.7 Å². The molecule has 0 unspecified atom stereocenters. The third-order valence-electron chi connectivity index (χ3n) is 5.05. The highest BCUT2D eigenvalue weighted by Crippen LogP contribution is 2.30. The molecule has 3 rings (SSSR count). The molecule has 0 aliphatic carbocycles. The third-order valence-corrected chi connectivity index (χ3v) is 5.05. The number of rotatable bonds is 5. The van der Waals surface area contributed by atoms with Crippen LogP contribution in [-0.4, -0.2) is 45.8 Å². The van der Waals surface area contributed by atoms with E-state index >= 15 is 0 Å². The molecule has 0 atom stereocenters. The Morgan fingerprint density at radius 3 is 2.56 bits per heavy atom. The first-order chi connectivity index (χ1) is 16.1. The number of anilines is 1. The quantitative estimate of drug-likeness (QED) is 0.584. The number of hydrogen-bond acceptors (Lipinski definition) is 4. The van der Waals surface area contributed by atoms with Gasteiger partial charge in [0.2, 0.25) is 0 Å². The molecule has 2 aromatic heterocycles. The van der Waals surface area contributed by atoms with Crippen molar-refractivity contribution in [2.24, 2.45) is 0 Å². The number of carbonyl (C=O) groups excluding carboxylic acids is 1. The highest BCUT2D eigenvalue weighted by Gasteiger charge is 2.32. The van der Waals surface area contributed by atoms with Gasteiger partial charge in [0.1, 0.15) is 5.82 Å². The average Bonchev–Trinajstić information content (AvgIpc) is 3.21. The second-order valence-corrected chi connectivity index (χ2v) is 8.04. The molecule has 184 valence electrons. The molecule has 0 spiro atoms. The summed E-state index contributed by atoms with van der Waals surface area (Å²) in [4.78, 5) is 16.6. The lowest BCUT2D eigenvalue weighted by Crippen LogP contribution is -2.21. The lowest BCUT2D eigenvalue weighted by molar-refractivity contribution is -0.0883. The van der Waals surface area contributed by atoms with E-state index in [1.54, 1.807) is 52.2 Å². The lowest BCUT2D eigenvalue weighted by Gasteiger charge is -2.11. The number of nitrogens with zero attached hydrogens (tertiary/aromatic N) is 4. The molecule has 1 aliphatic rings. The van der Waals surface area contributed by atoms with Crippen LogP contribution in [0, 0.1) is 0 Å². The van der Waals surface area contributed by atoms with E-state index in [0.717, 1.165) is 31.5 Å². The summed E-state index contributed by atoms with van der Waals surface area (Å²) in [5.41, 5.74) is 7.58. The number of aryl methyl sites for hydroxylation is 2. The minimum absolute atomic E-state index is 0.0656. The van der Waals surface area contributed by atoms with Crippen molar-refractivity contribution < 1.29 is 18.0 Å². The van der Waals surface area contributed by atoms with Gasteiger partial charge in [-0.2, -0.15) is 18.3 Å². The Bertz CT molecular complexity index is 1040. The van der Waals surface area contributed by atoms with Crippen molar-refractivity contribution in [3.8, 4) is 0 Å². The fourth-order valence-corrected chi connectivity index (χ4v) is 3.43. The number of fused-ring (bicyclic) bond motifs is 1. The van der Waals surface area contributed by atoms with Crippen LogP contribution in [0.15, 0.2) is 54.3 Å². The smallest absolute Gasteiger partial charge is 0.384 e. The van der Waals surface area contributed by atoms with E-state index in [-0.39, 0.29) is 5.91 Å². The van der Waals surface area contributed by atoms with E-state index in [4.69, 9.17) is 5.73 Å². The lowest BCUT2D eigenvalue weighted by atomic mass is 10.0. The molecular weight excluding hydrogens is 443 g/mol. The summed E-state index contributed by atoms with van der Waals surface area (Å²) in [6.45, 7) is 4.33. The molecule has 6 nitrogen and oxygen atoms in total. The van der Waals surface area contributed by atoms with Crippen LogP contribution in [0.25, 0.3) is 5.57 Å². The van der Waals surface area contributed by atoms with Crippen molar-refractivity contribution in [3.05, 3.63) is 71.2 Å². The summed E-state index contributed by atoms with van der Waals surface area (Å²) < 4.78 is 41.2. The number of alkyl halides is 3. The summed E-state index contributed by atoms with van der Waals surface area (Å²) in [7, 11) is 3.39. The van der Waals surface area contributed by atoms with Crippen molar-refractivity contribution in [1.82, 2.24) is 19.7 Å². The van der Waals surface area contributed by atoms with Gasteiger partial charge in [0, 0.05) is 43.7 Å². The van der Waals surface area contributed by atoms with Crippen molar-refractivity contribution in [2.45, 2.75) is 52.3 Å². The average molecular weight is 476 g/mol. The van der Waals surface area contributed by atoms with Crippen LogP contribution in [0.3, 0.4) is 0 Å². The molecular formula is C25H32F3N5O. The van der Waals surface area contributed by atoms with Crippen LogP contribution in [0.5, 0.6) is 0 Å². The standard InChI is InChI=1S/C17H21F3N2.C8H11N3O/c1-3-7-13(11-14(8-4-2)17(18,19)20)16-12-15-9-5-6-10-22(15)21-16;1-11(2)8(12)6-3-4-10-7(9)5-6/h3,7-8,11-12H,4-6,9-10H2,1-2H3;3-5H,1-2H3,(H2,9,10)/b7-3-,13-11+,14-8-;. The first-order valence-electron chi connectivity index (χ1n) is 11.2. The van der Waals surface area contributed by atoms with Crippen LogP contribution < -0.4 is 5.73 Å². The predicted molar refractivity (Wildman–Crippen MR) is 129 cm³/mol. The van der Waals surface area contributed by atoms with Gasteiger partial charge in [-0.25, -0.2) is 4.98 Å². The maximum atomic E-state index is 13.1. The fraction of sp³-hybridized carbons (Fsp3) is 0.400. The minimum atomic E-state index is -4.35. The molecule has 0 aromatic carbocycles. The van der Waals surface area contributed by atoms with Crippen molar-refractivity contribution in [3.63, 3.8) is 0 Å². The van der Waals surface area contributed by atoms with Gasteiger partial charge in [-0.1, -0.05) is 25.2 Å². The number of pyridine rings is 1. The topological polar surface area (TPSA) is 77.0 Å². The molecule has 0 radical (unpaired) electrons. The number of amides is 1. The zero-order valence-corrected chi connectivity index (χ0v) is 20.1. The molecule has 1 amide bonds. The van der Waals surface area contributed by atoms with E-state index in [1.807, 2.05) is 10.7 Å². The van der Waals surface area contributed by atoms with Gasteiger partial charge >= 0.3 is 6.18 Å². The van der Waals surface area contributed by atoms with Crippen LogP contribution in [0.1, 0.15) is 54.9 Å². The molecule has 9 heteroatoms. The van der Waals surface area contributed by atoms with E-state index in [2.05, 4.69) is 10.1 Å². The van der Waals surface area contributed by atoms with E-state index in [1.165, 1.54) is 23.2 Å². The second kappa shape index (κ2) is 12.2. The summed E-state index contributed by atoms with van der Waals surface area (Å²) in [6.07, 6.45) is 6.46. The van der Waals surface area contributed by atoms with Crippen molar-refractivity contribution in [1.29, 1.82) is 0 Å². The van der Waals surface area contributed by atoms with Gasteiger partial charge < -0.3 is 10.6 Å².